The van der Waals surface area contributed by atoms with Crippen molar-refractivity contribution in [3.63, 3.8) is 0 Å². The average molecular weight is 479 g/mol. The van der Waals surface area contributed by atoms with E-state index in [1.807, 2.05) is 18.2 Å². The van der Waals surface area contributed by atoms with Gasteiger partial charge in [0.2, 0.25) is 0 Å². The zero-order chi connectivity index (χ0) is 25.1. The number of hydrogen-bond donors (Lipinski definition) is 4. The third kappa shape index (κ3) is 4.58. The topological polar surface area (TPSA) is 129 Å². The summed E-state index contributed by atoms with van der Waals surface area (Å²) in [7, 11) is 1.44. The molecular formula is C27H21N5O4. The molecule has 0 atom stereocenters. The number of rotatable bonds is 6. The number of hydrogen-bond acceptors (Lipinski definition) is 6. The Bertz CT molecular complexity index is 1580. The minimum atomic E-state index is -0.526. The number of fused-ring (bicyclic) bond motifs is 1. The Kier molecular flexibility index (Phi) is 6.02. The van der Waals surface area contributed by atoms with E-state index in [2.05, 4.69) is 25.6 Å². The largest absolute Gasteiger partial charge is 0.504 e. The molecule has 5 aromatic rings. The van der Waals surface area contributed by atoms with Gasteiger partial charge in [0.05, 0.1) is 7.11 Å². The Morgan fingerprint density at radius 2 is 1.78 bits per heavy atom. The predicted molar refractivity (Wildman–Crippen MR) is 136 cm³/mol. The van der Waals surface area contributed by atoms with Gasteiger partial charge in [0, 0.05) is 69.9 Å². The molecule has 0 aliphatic carbocycles. The summed E-state index contributed by atoms with van der Waals surface area (Å²) in [5.74, 6) is -0.00877. The van der Waals surface area contributed by atoms with Crippen molar-refractivity contribution in [2.45, 2.75) is 0 Å². The Morgan fingerprint density at radius 3 is 2.53 bits per heavy atom. The Labute approximate surface area is 205 Å². The first-order chi connectivity index (χ1) is 17.5. The molecule has 0 unspecified atom stereocenters. The van der Waals surface area contributed by atoms with Crippen molar-refractivity contribution in [2.75, 3.05) is 17.7 Å². The molecule has 0 saturated carbocycles. The molecule has 0 spiro atoms. The first-order valence-corrected chi connectivity index (χ1v) is 11.0. The normalized spacial score (nSPS) is 10.7. The highest BCUT2D eigenvalue weighted by molar-refractivity contribution is 6.16. The van der Waals surface area contributed by atoms with Gasteiger partial charge < -0.3 is 25.5 Å². The SMILES string of the molecule is COc1ccc(NC(=O)Nc2cccc(C(=O)c3c[nH]c4ncc(-c5cccnc5)cc34)c2)cc1O. The van der Waals surface area contributed by atoms with Crippen molar-refractivity contribution >= 4 is 34.2 Å². The molecule has 0 fully saturated rings. The second kappa shape index (κ2) is 9.59. The number of H-pyrrole nitrogens is 1. The van der Waals surface area contributed by atoms with Gasteiger partial charge >= 0.3 is 6.03 Å². The highest BCUT2D eigenvalue weighted by atomic mass is 16.5. The third-order valence-corrected chi connectivity index (χ3v) is 5.59. The number of methoxy groups -OCH3 is 1. The van der Waals surface area contributed by atoms with Crippen LogP contribution in [0.5, 0.6) is 11.5 Å². The predicted octanol–water partition coefficient (Wildman–Crippen LogP) is 5.21. The van der Waals surface area contributed by atoms with Gasteiger partial charge in [-0.1, -0.05) is 18.2 Å². The summed E-state index contributed by atoms with van der Waals surface area (Å²) in [6, 6.07) is 16.3. The summed E-state index contributed by atoms with van der Waals surface area (Å²) in [5.41, 5.74) is 4.04. The molecule has 9 nitrogen and oxygen atoms in total. The van der Waals surface area contributed by atoms with E-state index in [-0.39, 0.29) is 11.5 Å². The summed E-state index contributed by atoms with van der Waals surface area (Å²) in [4.78, 5) is 37.5. The van der Waals surface area contributed by atoms with E-state index < -0.39 is 6.03 Å². The van der Waals surface area contributed by atoms with E-state index in [1.54, 1.807) is 61.2 Å². The number of pyridine rings is 2. The van der Waals surface area contributed by atoms with Crippen LogP contribution in [-0.2, 0) is 0 Å². The van der Waals surface area contributed by atoms with Crippen LogP contribution in [0.1, 0.15) is 15.9 Å². The summed E-state index contributed by atoms with van der Waals surface area (Å²) >= 11 is 0. The standard InChI is InChI=1S/C27H21N5O4/c1-36-24-8-7-20(12-23(24)33)32-27(35)31-19-6-2-4-16(10-19)25(34)22-15-30-26-21(22)11-18(14-29-26)17-5-3-9-28-13-17/h2-15,33H,1H3,(H,29,30)(H2,31,32,35). The molecule has 2 aromatic carbocycles. The molecule has 0 radical (unpaired) electrons. The summed E-state index contributed by atoms with van der Waals surface area (Å²) < 4.78 is 5.00. The fourth-order valence-corrected chi connectivity index (χ4v) is 3.84. The lowest BCUT2D eigenvalue weighted by molar-refractivity contribution is 0.104. The van der Waals surface area contributed by atoms with Crippen molar-refractivity contribution < 1.29 is 19.4 Å². The number of benzene rings is 2. The monoisotopic (exact) mass is 479 g/mol. The average Bonchev–Trinajstić information content (AvgIpc) is 3.32. The number of phenolic OH excluding ortho intramolecular Hbond substituents is 1. The van der Waals surface area contributed by atoms with E-state index in [0.29, 0.717) is 39.3 Å². The number of urea groups is 1. The number of aromatic hydroxyl groups is 1. The lowest BCUT2D eigenvalue weighted by Crippen LogP contribution is -2.19. The maximum absolute atomic E-state index is 13.4. The minimum absolute atomic E-state index is 0.0946. The van der Waals surface area contributed by atoms with Gasteiger partial charge in [-0.15, -0.1) is 0 Å². The molecule has 5 rings (SSSR count). The van der Waals surface area contributed by atoms with Crippen LogP contribution in [0.25, 0.3) is 22.2 Å². The van der Waals surface area contributed by atoms with E-state index in [0.717, 1.165) is 11.1 Å². The minimum Gasteiger partial charge on any atom is -0.504 e. The van der Waals surface area contributed by atoms with E-state index in [4.69, 9.17) is 4.74 Å². The van der Waals surface area contributed by atoms with E-state index in [9.17, 15) is 14.7 Å². The molecule has 0 bridgehead atoms. The van der Waals surface area contributed by atoms with Gasteiger partial charge in [-0.3, -0.25) is 9.78 Å². The molecule has 178 valence electrons. The fraction of sp³-hybridized carbons (Fsp3) is 0.0370. The number of amides is 2. The summed E-state index contributed by atoms with van der Waals surface area (Å²) in [5, 5.41) is 15.9. The molecule has 0 aliphatic heterocycles. The van der Waals surface area contributed by atoms with Crippen LogP contribution < -0.4 is 15.4 Å². The first-order valence-electron chi connectivity index (χ1n) is 11.0. The van der Waals surface area contributed by atoms with Gasteiger partial charge in [-0.05, 0) is 36.4 Å². The fourth-order valence-electron chi connectivity index (χ4n) is 3.84. The molecule has 3 aromatic heterocycles. The number of nitrogens with one attached hydrogen (secondary N) is 3. The van der Waals surface area contributed by atoms with Crippen LogP contribution in [0.15, 0.2) is 85.5 Å². The molecule has 4 N–H and O–H groups in total. The second-order valence-electron chi connectivity index (χ2n) is 7.94. The second-order valence-corrected chi connectivity index (χ2v) is 7.94. The number of aromatic nitrogens is 3. The van der Waals surface area contributed by atoms with Crippen LogP contribution >= 0.6 is 0 Å². The van der Waals surface area contributed by atoms with Gasteiger partial charge in [0.25, 0.3) is 0 Å². The molecule has 0 aliphatic rings. The number of ether oxygens (including phenoxy) is 1. The quantitative estimate of drug-likeness (QED) is 0.247. The highest BCUT2D eigenvalue weighted by Crippen LogP contribution is 2.29. The van der Waals surface area contributed by atoms with Gasteiger partial charge in [-0.25, -0.2) is 9.78 Å². The molecule has 36 heavy (non-hydrogen) atoms. The van der Waals surface area contributed by atoms with Crippen molar-refractivity contribution in [1.82, 2.24) is 15.0 Å². The number of aromatic amines is 1. The van der Waals surface area contributed by atoms with Crippen LogP contribution in [-0.4, -0.2) is 39.0 Å². The molecular weight excluding hydrogens is 458 g/mol. The van der Waals surface area contributed by atoms with Gasteiger partial charge in [0.1, 0.15) is 5.65 Å². The van der Waals surface area contributed by atoms with E-state index >= 15 is 0 Å². The smallest absolute Gasteiger partial charge is 0.323 e. The first kappa shape index (κ1) is 22.6. The maximum Gasteiger partial charge on any atom is 0.323 e. The number of carbonyl (C=O) groups is 2. The van der Waals surface area contributed by atoms with Crippen LogP contribution in [0.4, 0.5) is 16.2 Å². The molecule has 2 amide bonds. The van der Waals surface area contributed by atoms with Crippen molar-refractivity contribution in [2.24, 2.45) is 0 Å². The summed E-state index contributed by atoms with van der Waals surface area (Å²) in [6.07, 6.45) is 6.80. The maximum atomic E-state index is 13.4. The lowest BCUT2D eigenvalue weighted by atomic mass is 10.0. The number of phenols is 1. The van der Waals surface area contributed by atoms with E-state index in [1.165, 1.54) is 13.2 Å². The van der Waals surface area contributed by atoms with Crippen LogP contribution in [0.3, 0.4) is 0 Å². The Morgan fingerprint density at radius 1 is 0.944 bits per heavy atom. The lowest BCUT2D eigenvalue weighted by Gasteiger charge is -2.10. The summed E-state index contributed by atoms with van der Waals surface area (Å²) in [6.45, 7) is 0. The van der Waals surface area contributed by atoms with Crippen LogP contribution in [0.2, 0.25) is 0 Å². The van der Waals surface area contributed by atoms with Gasteiger partial charge in [0.15, 0.2) is 17.3 Å². The Balaban J connectivity index is 1.36. The van der Waals surface area contributed by atoms with Crippen molar-refractivity contribution in [1.29, 1.82) is 0 Å². The number of ketones is 1. The number of carbonyl (C=O) groups excluding carboxylic acids is 2. The van der Waals surface area contributed by atoms with Crippen LogP contribution in [0, 0.1) is 0 Å². The van der Waals surface area contributed by atoms with Gasteiger partial charge in [-0.2, -0.15) is 0 Å². The number of anilines is 2. The van der Waals surface area contributed by atoms with Crippen molar-refractivity contribution in [3.8, 4) is 22.6 Å². The zero-order valence-corrected chi connectivity index (χ0v) is 19.1. The molecule has 3 heterocycles. The zero-order valence-electron chi connectivity index (χ0n) is 19.1. The molecule has 9 heteroatoms. The Hall–Kier alpha value is -5.18. The van der Waals surface area contributed by atoms with Crippen molar-refractivity contribution in [3.05, 3.63) is 96.6 Å². The highest BCUT2D eigenvalue weighted by Gasteiger charge is 2.17. The third-order valence-electron chi connectivity index (χ3n) is 5.59. The molecule has 0 saturated heterocycles. The number of nitrogens with zero attached hydrogens (tertiary/aromatic N) is 2.